The summed E-state index contributed by atoms with van der Waals surface area (Å²) >= 11 is 0. The molecule has 2 saturated heterocycles. The molecule has 0 aliphatic carbocycles. The molecule has 0 saturated carbocycles. The molecule has 0 bridgehead atoms. The topological polar surface area (TPSA) is 58.4 Å². The zero-order valence-electron chi connectivity index (χ0n) is 19.2. The van der Waals surface area contributed by atoms with E-state index in [9.17, 15) is 8.42 Å². The van der Waals surface area contributed by atoms with Crippen molar-refractivity contribution in [1.29, 1.82) is 0 Å². The minimum atomic E-state index is -3.44. The van der Waals surface area contributed by atoms with E-state index in [1.54, 1.807) is 4.31 Å². The van der Waals surface area contributed by atoms with Gasteiger partial charge in [-0.15, -0.1) is 0 Å². The highest BCUT2D eigenvalue weighted by Gasteiger charge is 2.43. The third-order valence-corrected chi connectivity index (χ3v) is 9.55. The summed E-state index contributed by atoms with van der Waals surface area (Å²) < 4.78 is 30.5. The molecule has 0 unspecified atom stereocenters. The van der Waals surface area contributed by atoms with Gasteiger partial charge >= 0.3 is 0 Å². The van der Waals surface area contributed by atoms with Crippen molar-refractivity contribution < 1.29 is 8.42 Å². The lowest BCUT2D eigenvalue weighted by molar-refractivity contribution is 0.152. The molecule has 0 amide bonds. The Kier molecular flexibility index (Phi) is 5.39. The number of rotatable bonds is 4. The lowest BCUT2D eigenvalue weighted by Crippen LogP contribution is -2.44. The molecule has 32 heavy (non-hydrogen) atoms. The second-order valence-electron chi connectivity index (χ2n) is 9.71. The average Bonchev–Trinajstić information content (AvgIpc) is 3.31. The van der Waals surface area contributed by atoms with E-state index in [-0.39, 0.29) is 5.41 Å². The highest BCUT2D eigenvalue weighted by Crippen LogP contribution is 2.42. The van der Waals surface area contributed by atoms with E-state index in [1.807, 2.05) is 38.1 Å². The Balaban J connectivity index is 1.26. The lowest BCUT2D eigenvalue weighted by atomic mass is 9.78. The number of hydrogen-bond donors (Lipinski definition) is 0. The van der Waals surface area contributed by atoms with Gasteiger partial charge in [-0.2, -0.15) is 4.31 Å². The van der Waals surface area contributed by atoms with Crippen molar-refractivity contribution in [3.8, 4) is 0 Å². The van der Waals surface area contributed by atoms with Crippen molar-refractivity contribution in [3.05, 3.63) is 59.4 Å². The van der Waals surface area contributed by atoms with Crippen LogP contribution in [-0.4, -0.2) is 53.4 Å². The molecule has 0 atom stereocenters. The average molecular weight is 453 g/mol. The summed E-state index contributed by atoms with van der Waals surface area (Å²) in [5, 5.41) is 0. The molecule has 1 spiro atoms. The fourth-order valence-corrected chi connectivity index (χ4v) is 7.18. The molecule has 0 N–H and O–H groups in total. The molecule has 1 aromatic heterocycles. The zero-order valence-corrected chi connectivity index (χ0v) is 20.0. The number of sulfonamides is 1. The second kappa shape index (κ2) is 7.97. The first-order chi connectivity index (χ1) is 15.3. The number of benzene rings is 2. The Morgan fingerprint density at radius 3 is 2.47 bits per heavy atom. The van der Waals surface area contributed by atoms with Crippen LogP contribution in [0.25, 0.3) is 11.0 Å². The Bertz CT molecular complexity index is 1260. The first-order valence-corrected chi connectivity index (χ1v) is 12.9. The van der Waals surface area contributed by atoms with Gasteiger partial charge in [0.1, 0.15) is 5.82 Å². The Labute approximate surface area is 190 Å². The van der Waals surface area contributed by atoms with E-state index in [4.69, 9.17) is 4.98 Å². The Morgan fingerprint density at radius 1 is 1.00 bits per heavy atom. The predicted octanol–water partition coefficient (Wildman–Crippen LogP) is 3.87. The summed E-state index contributed by atoms with van der Waals surface area (Å²) in [5.74, 6) is 1.10. The Morgan fingerprint density at radius 2 is 1.72 bits per heavy atom. The van der Waals surface area contributed by atoms with Crippen LogP contribution in [0.4, 0.5) is 0 Å². The maximum Gasteiger partial charge on any atom is 0.243 e. The molecule has 7 heteroatoms. The molecule has 2 aliphatic rings. The van der Waals surface area contributed by atoms with Crippen LogP contribution >= 0.6 is 0 Å². The van der Waals surface area contributed by atoms with E-state index in [2.05, 4.69) is 34.7 Å². The predicted molar refractivity (Wildman–Crippen MR) is 127 cm³/mol. The van der Waals surface area contributed by atoms with Crippen molar-refractivity contribution in [2.75, 3.05) is 26.2 Å². The lowest BCUT2D eigenvalue weighted by Gasteiger charge is -2.39. The summed E-state index contributed by atoms with van der Waals surface area (Å²) in [5.41, 5.74) is 4.24. The van der Waals surface area contributed by atoms with Crippen LogP contribution in [0.15, 0.2) is 47.4 Å². The van der Waals surface area contributed by atoms with Gasteiger partial charge in [0.2, 0.25) is 10.0 Å². The number of fused-ring (bicyclic) bond motifs is 1. The quantitative estimate of drug-likeness (QED) is 0.603. The number of piperidine rings is 1. The molecule has 0 radical (unpaired) electrons. The molecule has 6 nitrogen and oxygen atoms in total. The molecule has 5 rings (SSSR count). The van der Waals surface area contributed by atoms with Crippen molar-refractivity contribution in [2.24, 2.45) is 12.5 Å². The van der Waals surface area contributed by atoms with Crippen molar-refractivity contribution in [3.63, 3.8) is 0 Å². The van der Waals surface area contributed by atoms with Crippen LogP contribution in [0.5, 0.6) is 0 Å². The van der Waals surface area contributed by atoms with E-state index in [1.165, 1.54) is 5.52 Å². The monoisotopic (exact) mass is 452 g/mol. The number of likely N-dealkylation sites (tertiary alicyclic amines) is 1. The maximum absolute atomic E-state index is 13.3. The number of nitrogens with zero attached hydrogens (tertiary/aromatic N) is 4. The Hall–Kier alpha value is -2.22. The van der Waals surface area contributed by atoms with Crippen molar-refractivity contribution >= 4 is 21.1 Å². The van der Waals surface area contributed by atoms with Gasteiger partial charge in [-0.25, -0.2) is 13.4 Å². The largest absolute Gasteiger partial charge is 0.330 e. The SMILES string of the molecule is Cc1ccc(C)c(S(=O)(=O)N2CCC3(CCN(Cc4nc5ccccc5n4C)C3)CC2)c1. The van der Waals surface area contributed by atoms with E-state index >= 15 is 0 Å². The van der Waals surface area contributed by atoms with Gasteiger partial charge in [-0.3, -0.25) is 4.90 Å². The summed E-state index contributed by atoms with van der Waals surface area (Å²) in [7, 11) is -1.35. The highest BCUT2D eigenvalue weighted by atomic mass is 32.2. The number of para-hydroxylation sites is 2. The van der Waals surface area contributed by atoms with Gasteiger partial charge in [0, 0.05) is 26.7 Å². The van der Waals surface area contributed by atoms with Crippen LogP contribution in [0.2, 0.25) is 0 Å². The molecule has 2 aromatic carbocycles. The van der Waals surface area contributed by atoms with Crippen LogP contribution in [0.3, 0.4) is 0 Å². The normalized spacial score (nSPS) is 19.8. The molecule has 170 valence electrons. The zero-order chi connectivity index (χ0) is 22.5. The summed E-state index contributed by atoms with van der Waals surface area (Å²) in [6.07, 6.45) is 2.99. The molecule has 2 aliphatic heterocycles. The third kappa shape index (κ3) is 3.76. The number of imidazole rings is 1. The molecular weight excluding hydrogens is 420 g/mol. The number of aromatic nitrogens is 2. The number of aryl methyl sites for hydroxylation is 3. The van der Waals surface area contributed by atoms with Gasteiger partial charge < -0.3 is 4.57 Å². The van der Waals surface area contributed by atoms with Gasteiger partial charge in [0.05, 0.1) is 22.5 Å². The molecule has 3 aromatic rings. The van der Waals surface area contributed by atoms with Gasteiger partial charge in [0.25, 0.3) is 0 Å². The van der Waals surface area contributed by atoms with E-state index < -0.39 is 10.0 Å². The van der Waals surface area contributed by atoms with Crippen LogP contribution in [0.1, 0.15) is 36.2 Å². The van der Waals surface area contributed by atoms with Gasteiger partial charge in [0.15, 0.2) is 0 Å². The summed E-state index contributed by atoms with van der Waals surface area (Å²) in [4.78, 5) is 7.79. The first kappa shape index (κ1) is 21.6. The van der Waals surface area contributed by atoms with Crippen LogP contribution in [0, 0.1) is 19.3 Å². The van der Waals surface area contributed by atoms with Crippen LogP contribution < -0.4 is 0 Å². The third-order valence-electron chi connectivity index (χ3n) is 7.51. The van der Waals surface area contributed by atoms with E-state index in [0.717, 1.165) is 61.4 Å². The second-order valence-corrected chi connectivity index (χ2v) is 11.6. The smallest absolute Gasteiger partial charge is 0.243 e. The molecular formula is C25H32N4O2S. The summed E-state index contributed by atoms with van der Waals surface area (Å²) in [6.45, 7) is 7.96. The van der Waals surface area contributed by atoms with Crippen molar-refractivity contribution in [2.45, 2.75) is 44.6 Å². The minimum absolute atomic E-state index is 0.220. The fourth-order valence-electron chi connectivity index (χ4n) is 5.43. The first-order valence-electron chi connectivity index (χ1n) is 11.5. The fraction of sp³-hybridized carbons (Fsp3) is 0.480. The highest BCUT2D eigenvalue weighted by molar-refractivity contribution is 7.89. The molecule has 2 fully saturated rings. The van der Waals surface area contributed by atoms with E-state index in [0.29, 0.717) is 18.0 Å². The minimum Gasteiger partial charge on any atom is -0.330 e. The maximum atomic E-state index is 13.3. The number of hydrogen-bond acceptors (Lipinski definition) is 4. The van der Waals surface area contributed by atoms with Crippen molar-refractivity contribution in [1.82, 2.24) is 18.8 Å². The van der Waals surface area contributed by atoms with Gasteiger partial charge in [-0.05, 0) is 74.4 Å². The summed E-state index contributed by atoms with van der Waals surface area (Å²) in [6, 6.07) is 14.0. The van der Waals surface area contributed by atoms with Gasteiger partial charge in [-0.1, -0.05) is 24.3 Å². The standard InChI is InChI=1S/C25H32N4O2S/c1-19-8-9-20(2)23(16-19)32(30,31)29-14-11-25(12-15-29)10-13-28(18-25)17-24-26-21-6-4-5-7-22(21)27(24)3/h4-9,16H,10-15,17-18H2,1-3H3. The van der Waals surface area contributed by atoms with Crippen LogP contribution in [-0.2, 0) is 23.6 Å². The molecule has 3 heterocycles.